The second-order valence-electron chi connectivity index (χ2n) is 5.67. The number of hydrogen-bond donors (Lipinski definition) is 2. The van der Waals surface area contributed by atoms with Crippen LogP contribution in [0.5, 0.6) is 5.75 Å². The van der Waals surface area contributed by atoms with E-state index < -0.39 is 5.72 Å². The minimum atomic E-state index is -1.05. The highest BCUT2D eigenvalue weighted by Gasteiger charge is 2.55. The first-order valence-corrected chi connectivity index (χ1v) is 8.26. The Kier molecular flexibility index (Phi) is 3.13. The Morgan fingerprint density at radius 1 is 1.38 bits per heavy atom. The Morgan fingerprint density at radius 3 is 3.05 bits per heavy atom. The molecule has 2 bridgehead atoms. The Morgan fingerprint density at radius 2 is 2.24 bits per heavy atom. The van der Waals surface area contributed by atoms with Gasteiger partial charge in [0.25, 0.3) is 0 Å². The van der Waals surface area contributed by atoms with Gasteiger partial charge < -0.3 is 19.8 Å². The normalized spacial score (nSPS) is 33.6. The lowest BCUT2D eigenvalue weighted by atomic mass is 9.80. The van der Waals surface area contributed by atoms with Crippen LogP contribution in [0.15, 0.2) is 29.3 Å². The number of aliphatic hydroxyl groups excluding tert-OH is 2. The fraction of sp³-hybridized carbons (Fsp3) is 0.533. The lowest BCUT2D eigenvalue weighted by Gasteiger charge is -2.53. The van der Waals surface area contributed by atoms with Crippen molar-refractivity contribution < 1.29 is 14.9 Å². The lowest BCUT2D eigenvalue weighted by molar-refractivity contribution is -0.100. The molecule has 6 heteroatoms. The number of ether oxygens (including phenoxy) is 1. The monoisotopic (exact) mass is 306 g/mol. The largest absolute Gasteiger partial charge is 0.463 e. The molecular formula is C15H18N2O3S. The molecule has 0 radical (unpaired) electrons. The molecule has 0 aromatic heterocycles. The van der Waals surface area contributed by atoms with E-state index in [1.165, 1.54) is 0 Å². The van der Waals surface area contributed by atoms with Gasteiger partial charge in [-0.25, -0.2) is 4.99 Å². The van der Waals surface area contributed by atoms with Gasteiger partial charge in [0.1, 0.15) is 12.4 Å². The molecule has 1 aromatic carbocycles. The third-order valence-corrected chi connectivity index (χ3v) is 5.63. The van der Waals surface area contributed by atoms with E-state index in [1.807, 2.05) is 24.3 Å². The van der Waals surface area contributed by atoms with Crippen LogP contribution in [0.3, 0.4) is 0 Å². The van der Waals surface area contributed by atoms with Crippen LogP contribution < -0.4 is 4.74 Å². The predicted molar refractivity (Wildman–Crippen MR) is 81.4 cm³/mol. The third kappa shape index (κ3) is 1.82. The first kappa shape index (κ1) is 13.4. The summed E-state index contributed by atoms with van der Waals surface area (Å²) in [4.78, 5) is 6.97. The van der Waals surface area contributed by atoms with E-state index in [9.17, 15) is 10.2 Å². The average molecular weight is 306 g/mol. The number of aliphatic hydroxyl groups is 2. The van der Waals surface area contributed by atoms with E-state index in [-0.39, 0.29) is 25.2 Å². The summed E-state index contributed by atoms with van der Waals surface area (Å²) in [7, 11) is 0. The van der Waals surface area contributed by atoms with Gasteiger partial charge in [-0.15, -0.1) is 0 Å². The third-order valence-electron chi connectivity index (χ3n) is 4.55. The van der Waals surface area contributed by atoms with Crippen molar-refractivity contribution in [3.63, 3.8) is 0 Å². The van der Waals surface area contributed by atoms with Crippen molar-refractivity contribution in [2.24, 2.45) is 10.9 Å². The number of amidine groups is 1. The van der Waals surface area contributed by atoms with E-state index in [0.717, 1.165) is 35.2 Å². The van der Waals surface area contributed by atoms with Crippen LogP contribution >= 0.6 is 11.8 Å². The fourth-order valence-electron chi connectivity index (χ4n) is 3.56. The van der Waals surface area contributed by atoms with E-state index in [4.69, 9.17) is 9.73 Å². The Labute approximate surface area is 127 Å². The first-order valence-electron chi connectivity index (χ1n) is 7.28. The highest BCUT2D eigenvalue weighted by atomic mass is 32.2. The molecule has 2 N–H and O–H groups in total. The van der Waals surface area contributed by atoms with Gasteiger partial charge in [-0.05, 0) is 12.5 Å². The Balaban J connectivity index is 1.92. The summed E-state index contributed by atoms with van der Waals surface area (Å²) in [6.07, 6.45) is 1.10. The number of hydrogen-bond acceptors (Lipinski definition) is 6. The van der Waals surface area contributed by atoms with Gasteiger partial charge in [-0.1, -0.05) is 30.0 Å². The molecule has 3 atom stereocenters. The Bertz CT molecular complexity index is 594. The van der Waals surface area contributed by atoms with Crippen LogP contribution in [0.1, 0.15) is 18.0 Å². The molecule has 0 amide bonds. The van der Waals surface area contributed by atoms with E-state index in [0.29, 0.717) is 0 Å². The van der Waals surface area contributed by atoms with Crippen LogP contribution in [0.4, 0.5) is 0 Å². The maximum Gasteiger partial charge on any atom is 0.232 e. The molecule has 4 rings (SSSR count). The molecule has 1 aromatic rings. The highest BCUT2D eigenvalue weighted by Crippen LogP contribution is 2.51. The van der Waals surface area contributed by atoms with Gasteiger partial charge in [0, 0.05) is 17.9 Å². The second-order valence-corrected chi connectivity index (χ2v) is 6.73. The molecule has 3 aliphatic heterocycles. The molecule has 0 aliphatic carbocycles. The van der Waals surface area contributed by atoms with Crippen molar-refractivity contribution in [2.75, 3.05) is 25.5 Å². The average Bonchev–Trinajstić information content (AvgIpc) is 2.53. The minimum Gasteiger partial charge on any atom is -0.463 e. The number of thioether (sulfide) groups is 1. The molecule has 3 heterocycles. The molecule has 0 unspecified atom stereocenters. The summed E-state index contributed by atoms with van der Waals surface area (Å²) in [6.45, 7) is 0.654. The molecule has 0 spiro atoms. The summed E-state index contributed by atoms with van der Waals surface area (Å²) in [5, 5.41) is 20.8. The highest BCUT2D eigenvalue weighted by molar-refractivity contribution is 8.13. The zero-order valence-electron chi connectivity index (χ0n) is 11.6. The number of aliphatic imine (C=N–C) groups is 1. The van der Waals surface area contributed by atoms with Crippen molar-refractivity contribution >= 4 is 16.9 Å². The number of nitrogens with zero attached hydrogens (tertiary/aromatic N) is 2. The van der Waals surface area contributed by atoms with Crippen molar-refractivity contribution in [2.45, 2.75) is 18.2 Å². The number of fused-ring (bicyclic) bond motifs is 6. The standard InChI is InChI=1S/C15H18N2O3S/c18-8-11-13-10-4-1-2-5-12(10)20-15(11,9-19)16-14-17(13)6-3-7-21-14/h1-2,4-5,11,13,18-19H,3,6-9H2/t11-,13-,15-/m1/s1. The van der Waals surface area contributed by atoms with Crippen LogP contribution in [-0.2, 0) is 0 Å². The van der Waals surface area contributed by atoms with E-state index >= 15 is 0 Å². The SMILES string of the molecule is OC[C@@H]1[C@H]2c3ccccc3O[C@@]1(CO)N=C1SCCCN12. The molecule has 1 fully saturated rings. The smallest absolute Gasteiger partial charge is 0.232 e. The van der Waals surface area contributed by atoms with Crippen LogP contribution in [0.25, 0.3) is 0 Å². The maximum absolute atomic E-state index is 9.94. The van der Waals surface area contributed by atoms with Gasteiger partial charge in [0.15, 0.2) is 5.17 Å². The van der Waals surface area contributed by atoms with Gasteiger partial charge >= 0.3 is 0 Å². The molecular weight excluding hydrogens is 288 g/mol. The molecule has 3 aliphatic rings. The lowest BCUT2D eigenvalue weighted by Crippen LogP contribution is -2.61. The van der Waals surface area contributed by atoms with Crippen LogP contribution in [0.2, 0.25) is 0 Å². The van der Waals surface area contributed by atoms with Crippen molar-refractivity contribution in [1.29, 1.82) is 0 Å². The maximum atomic E-state index is 9.94. The number of rotatable bonds is 2. The van der Waals surface area contributed by atoms with Crippen LogP contribution in [-0.4, -0.2) is 51.5 Å². The number of para-hydroxylation sites is 1. The molecule has 21 heavy (non-hydrogen) atoms. The zero-order valence-corrected chi connectivity index (χ0v) is 12.4. The molecule has 112 valence electrons. The molecule has 1 saturated heterocycles. The topological polar surface area (TPSA) is 65.3 Å². The molecule has 0 saturated carbocycles. The predicted octanol–water partition coefficient (Wildman–Crippen LogP) is 1.23. The van der Waals surface area contributed by atoms with Gasteiger partial charge in [-0.3, -0.25) is 0 Å². The minimum absolute atomic E-state index is 0.0207. The second kappa shape index (κ2) is 4.90. The first-order chi connectivity index (χ1) is 10.3. The summed E-state index contributed by atoms with van der Waals surface area (Å²) in [5.74, 6) is 1.55. The van der Waals surface area contributed by atoms with Crippen LogP contribution in [0, 0.1) is 5.92 Å². The summed E-state index contributed by atoms with van der Waals surface area (Å²) in [5.41, 5.74) is 0.0275. The fourth-order valence-corrected chi connectivity index (χ4v) is 4.60. The quantitative estimate of drug-likeness (QED) is 0.860. The van der Waals surface area contributed by atoms with Gasteiger partial charge in [0.05, 0.1) is 18.6 Å². The van der Waals surface area contributed by atoms with Gasteiger partial charge in [0.2, 0.25) is 5.72 Å². The summed E-state index contributed by atoms with van der Waals surface area (Å²) < 4.78 is 6.05. The van der Waals surface area contributed by atoms with Crippen molar-refractivity contribution in [3.8, 4) is 5.75 Å². The summed E-state index contributed by atoms with van der Waals surface area (Å²) >= 11 is 1.71. The van der Waals surface area contributed by atoms with Crippen molar-refractivity contribution in [1.82, 2.24) is 4.90 Å². The zero-order chi connectivity index (χ0) is 14.4. The van der Waals surface area contributed by atoms with Crippen molar-refractivity contribution in [3.05, 3.63) is 29.8 Å². The Hall–Kier alpha value is -1.24. The number of benzene rings is 1. The molecule has 5 nitrogen and oxygen atoms in total. The summed E-state index contributed by atoms with van der Waals surface area (Å²) in [6, 6.07) is 7.90. The van der Waals surface area contributed by atoms with E-state index in [1.54, 1.807) is 11.8 Å². The van der Waals surface area contributed by atoms with E-state index in [2.05, 4.69) is 4.90 Å². The van der Waals surface area contributed by atoms with Gasteiger partial charge in [-0.2, -0.15) is 0 Å².